The molecular weight excluding hydrogens is 357 g/mol. The molecule has 130 valence electrons. The summed E-state index contributed by atoms with van der Waals surface area (Å²) in [6.07, 6.45) is 6.80. The lowest BCUT2D eigenvalue weighted by Gasteiger charge is -2.07. The monoisotopic (exact) mass is 369 g/mol. The number of amides is 1. The fraction of sp³-hybridized carbons (Fsp3) is 0.0556. The molecule has 26 heavy (non-hydrogen) atoms. The first kappa shape index (κ1) is 16.3. The minimum Gasteiger partial charge on any atom is -0.349 e. The fourth-order valence-corrected chi connectivity index (χ4v) is 2.91. The van der Waals surface area contributed by atoms with Crippen LogP contribution in [0.5, 0.6) is 0 Å². The van der Waals surface area contributed by atoms with Crippen LogP contribution in [0, 0.1) is 5.82 Å². The topological polar surface area (TPSA) is 75.1 Å². The van der Waals surface area contributed by atoms with Crippen molar-refractivity contribution >= 4 is 23.2 Å². The summed E-state index contributed by atoms with van der Waals surface area (Å²) in [5, 5.41) is 2.94. The Morgan fingerprint density at radius 1 is 1.27 bits per heavy atom. The summed E-state index contributed by atoms with van der Waals surface area (Å²) in [7, 11) is 0. The Hall–Kier alpha value is -3.19. The summed E-state index contributed by atoms with van der Waals surface area (Å²) in [6, 6.07) is 7.85. The maximum Gasteiger partial charge on any atom is 0.267 e. The minimum atomic E-state index is -0.454. The van der Waals surface area contributed by atoms with Gasteiger partial charge in [-0.25, -0.2) is 9.37 Å². The Kier molecular flexibility index (Phi) is 4.14. The fourth-order valence-electron chi connectivity index (χ4n) is 2.68. The number of fused-ring (bicyclic) bond motifs is 1. The number of rotatable bonds is 4. The van der Waals surface area contributed by atoms with Gasteiger partial charge in [0.25, 0.3) is 5.91 Å². The van der Waals surface area contributed by atoms with Crippen molar-refractivity contribution in [2.75, 3.05) is 0 Å². The van der Waals surface area contributed by atoms with Gasteiger partial charge in [-0.2, -0.15) is 0 Å². The van der Waals surface area contributed by atoms with E-state index in [4.69, 9.17) is 11.6 Å². The number of hydrogen-bond acceptors (Lipinski definition) is 3. The third-order valence-electron chi connectivity index (χ3n) is 4.01. The molecule has 0 radical (unpaired) electrons. The van der Waals surface area contributed by atoms with Crippen molar-refractivity contribution in [1.82, 2.24) is 24.7 Å². The molecule has 0 spiro atoms. The van der Waals surface area contributed by atoms with Gasteiger partial charge in [0.2, 0.25) is 0 Å². The zero-order valence-corrected chi connectivity index (χ0v) is 14.2. The number of aromatic amines is 1. The summed E-state index contributed by atoms with van der Waals surface area (Å²) in [5.74, 6) is -0.810. The van der Waals surface area contributed by atoms with E-state index in [2.05, 4.69) is 20.3 Å². The second-order valence-electron chi connectivity index (χ2n) is 5.62. The van der Waals surface area contributed by atoms with Crippen molar-refractivity contribution in [3.05, 3.63) is 77.2 Å². The first-order chi connectivity index (χ1) is 12.6. The zero-order valence-electron chi connectivity index (χ0n) is 13.4. The van der Waals surface area contributed by atoms with E-state index in [1.165, 1.54) is 12.1 Å². The number of carbonyl (C=O) groups excluding carboxylic acids is 1. The highest BCUT2D eigenvalue weighted by molar-refractivity contribution is 6.31. The van der Waals surface area contributed by atoms with Crippen LogP contribution in [0.3, 0.4) is 0 Å². The summed E-state index contributed by atoms with van der Waals surface area (Å²) in [4.78, 5) is 23.7. The highest BCUT2D eigenvalue weighted by atomic mass is 35.5. The Morgan fingerprint density at radius 3 is 3.00 bits per heavy atom. The van der Waals surface area contributed by atoms with Crippen molar-refractivity contribution in [3.63, 3.8) is 0 Å². The van der Waals surface area contributed by atoms with E-state index in [9.17, 15) is 9.18 Å². The average molecular weight is 370 g/mol. The molecule has 4 rings (SSSR count). The quantitative estimate of drug-likeness (QED) is 0.578. The third kappa shape index (κ3) is 2.93. The summed E-state index contributed by atoms with van der Waals surface area (Å²) in [6.45, 7) is -0.0000239. The van der Waals surface area contributed by atoms with E-state index in [-0.39, 0.29) is 23.0 Å². The largest absolute Gasteiger partial charge is 0.349 e. The maximum atomic E-state index is 13.8. The summed E-state index contributed by atoms with van der Waals surface area (Å²) >= 11 is 5.97. The Bertz CT molecular complexity index is 1080. The molecule has 0 fully saturated rings. The zero-order chi connectivity index (χ0) is 18.1. The van der Waals surface area contributed by atoms with Gasteiger partial charge in [-0.05, 0) is 24.3 Å². The lowest BCUT2D eigenvalue weighted by atomic mass is 10.2. The molecule has 3 heterocycles. The molecule has 0 aliphatic heterocycles. The number of halogens is 2. The summed E-state index contributed by atoms with van der Waals surface area (Å²) < 4.78 is 15.6. The molecule has 6 nitrogen and oxygen atoms in total. The van der Waals surface area contributed by atoms with E-state index >= 15 is 0 Å². The molecule has 0 atom stereocenters. The normalized spacial score (nSPS) is 11.0. The van der Waals surface area contributed by atoms with Crippen LogP contribution in [-0.2, 0) is 6.54 Å². The number of aromatic nitrogens is 4. The average Bonchev–Trinajstić information content (AvgIpc) is 3.28. The van der Waals surface area contributed by atoms with Crippen molar-refractivity contribution in [2.24, 2.45) is 0 Å². The first-order valence-corrected chi connectivity index (χ1v) is 8.19. The number of imidazole rings is 1. The molecule has 3 aromatic heterocycles. The van der Waals surface area contributed by atoms with Gasteiger partial charge in [-0.3, -0.25) is 14.2 Å². The van der Waals surface area contributed by atoms with Crippen LogP contribution in [0.2, 0.25) is 5.02 Å². The molecule has 2 N–H and O–H groups in total. The van der Waals surface area contributed by atoms with Gasteiger partial charge in [-0.15, -0.1) is 0 Å². The molecule has 0 unspecified atom stereocenters. The lowest BCUT2D eigenvalue weighted by molar-refractivity contribution is 0.0946. The van der Waals surface area contributed by atoms with Crippen molar-refractivity contribution in [2.45, 2.75) is 6.54 Å². The number of carbonyl (C=O) groups is 1. The van der Waals surface area contributed by atoms with Crippen molar-refractivity contribution in [3.8, 4) is 11.4 Å². The third-order valence-corrected chi connectivity index (χ3v) is 4.37. The van der Waals surface area contributed by atoms with E-state index < -0.39 is 5.82 Å². The smallest absolute Gasteiger partial charge is 0.267 e. The number of benzene rings is 1. The second kappa shape index (κ2) is 6.61. The molecule has 0 aliphatic rings. The van der Waals surface area contributed by atoms with E-state index in [1.54, 1.807) is 43.0 Å². The van der Waals surface area contributed by atoms with Crippen LogP contribution in [0.1, 0.15) is 16.1 Å². The van der Waals surface area contributed by atoms with Crippen LogP contribution < -0.4 is 5.32 Å². The van der Waals surface area contributed by atoms with Crippen LogP contribution >= 0.6 is 11.6 Å². The van der Waals surface area contributed by atoms with Gasteiger partial charge in [0.15, 0.2) is 5.65 Å². The first-order valence-electron chi connectivity index (χ1n) is 7.81. The van der Waals surface area contributed by atoms with E-state index in [1.807, 2.05) is 4.40 Å². The van der Waals surface area contributed by atoms with E-state index in [0.717, 1.165) is 11.4 Å². The molecule has 4 aromatic rings. The Morgan fingerprint density at radius 2 is 2.15 bits per heavy atom. The van der Waals surface area contributed by atoms with Gasteiger partial charge < -0.3 is 10.3 Å². The predicted octanol–water partition coefficient (Wildman–Crippen LogP) is 3.45. The highest BCUT2D eigenvalue weighted by Gasteiger charge is 2.14. The number of hydrogen-bond donors (Lipinski definition) is 2. The summed E-state index contributed by atoms with van der Waals surface area (Å²) in [5.41, 5.74) is 2.86. The van der Waals surface area contributed by atoms with Crippen molar-refractivity contribution < 1.29 is 9.18 Å². The van der Waals surface area contributed by atoms with Crippen LogP contribution in [0.25, 0.3) is 17.0 Å². The van der Waals surface area contributed by atoms with Gasteiger partial charge in [-0.1, -0.05) is 17.7 Å². The standard InChI is InChI=1S/C18H13ClFN5O/c19-12-2-1-3-13(20)11(12)8-23-18(26)15-5-4-14(24-15)16-9-22-17-10-21-6-7-25(16)17/h1-7,9-10,24H,8H2,(H,23,26). The molecule has 1 amide bonds. The Balaban J connectivity index is 1.53. The Labute approximate surface area is 152 Å². The molecule has 0 aliphatic carbocycles. The van der Waals surface area contributed by atoms with Crippen LogP contribution in [-0.4, -0.2) is 25.3 Å². The van der Waals surface area contributed by atoms with Gasteiger partial charge in [0.1, 0.15) is 11.5 Å². The van der Waals surface area contributed by atoms with Crippen LogP contribution in [0.4, 0.5) is 4.39 Å². The second-order valence-corrected chi connectivity index (χ2v) is 6.02. The molecule has 8 heteroatoms. The highest BCUT2D eigenvalue weighted by Crippen LogP contribution is 2.21. The molecular formula is C18H13ClFN5O. The van der Waals surface area contributed by atoms with E-state index in [0.29, 0.717) is 11.3 Å². The predicted molar refractivity (Wildman–Crippen MR) is 95.4 cm³/mol. The number of nitrogens with one attached hydrogen (secondary N) is 2. The molecule has 0 saturated carbocycles. The van der Waals surface area contributed by atoms with Crippen molar-refractivity contribution in [1.29, 1.82) is 0 Å². The van der Waals surface area contributed by atoms with Gasteiger partial charge in [0.05, 0.1) is 23.8 Å². The van der Waals surface area contributed by atoms with Gasteiger partial charge >= 0.3 is 0 Å². The number of H-pyrrole nitrogens is 1. The molecule has 0 bridgehead atoms. The SMILES string of the molecule is O=C(NCc1c(F)cccc1Cl)c1ccc(-c2cnc3cnccn23)[nH]1. The lowest BCUT2D eigenvalue weighted by Crippen LogP contribution is -2.23. The molecule has 1 aromatic carbocycles. The minimum absolute atomic E-state index is 0.0000239. The molecule has 0 saturated heterocycles. The van der Waals surface area contributed by atoms with Crippen LogP contribution in [0.15, 0.2) is 55.1 Å². The van der Waals surface area contributed by atoms with Gasteiger partial charge in [0, 0.05) is 29.5 Å². The maximum absolute atomic E-state index is 13.8. The number of nitrogens with zero attached hydrogens (tertiary/aromatic N) is 3.